The van der Waals surface area contributed by atoms with Crippen LogP contribution in [0.25, 0.3) is 0 Å². The zero-order chi connectivity index (χ0) is 85.1. The summed E-state index contributed by atoms with van der Waals surface area (Å²) >= 11 is 0. The Bertz CT molecular complexity index is 2610. The molecule has 0 aliphatic carbocycles. The maximum atomic E-state index is 13.0. The molecule has 0 spiro atoms. The fraction of sp³-hybridized carbons (Fsp3) is 0.768. The minimum atomic E-state index is -4.93. The van der Waals surface area contributed by atoms with Crippen LogP contribution in [0.3, 0.4) is 0 Å². The van der Waals surface area contributed by atoms with Crippen molar-refractivity contribution in [3.63, 3.8) is 0 Å². The van der Waals surface area contributed by atoms with Crippen LogP contribution in [0.1, 0.15) is 432 Å². The van der Waals surface area contributed by atoms with Crippen molar-refractivity contribution in [1.29, 1.82) is 0 Å². The van der Waals surface area contributed by atoms with Crippen LogP contribution in [0.4, 0.5) is 0 Å². The predicted molar refractivity (Wildman–Crippen MR) is 491 cm³/mol. The van der Waals surface area contributed by atoms with E-state index in [1.807, 2.05) is 0 Å². The molecular formula is C99H176O16P2. The van der Waals surface area contributed by atoms with E-state index in [0.717, 1.165) is 128 Å². The van der Waals surface area contributed by atoms with Gasteiger partial charge in [-0.1, -0.05) is 399 Å². The second kappa shape index (κ2) is 91.2. The van der Waals surface area contributed by atoms with Crippen LogP contribution >= 0.6 is 15.6 Å². The molecule has 0 aromatic carbocycles. The van der Waals surface area contributed by atoms with Crippen LogP contribution in [-0.2, 0) is 55.8 Å². The number of hydrogen-bond donors (Lipinski definition) is 4. The van der Waals surface area contributed by atoms with Crippen molar-refractivity contribution >= 4 is 33.6 Å². The number of aliphatic hydroxyl groups is 2. The van der Waals surface area contributed by atoms with Crippen molar-refractivity contribution in [2.24, 2.45) is 0 Å². The highest BCUT2D eigenvalue weighted by atomic mass is 31.2. The number of phosphoric acid groups is 2. The molecule has 117 heavy (non-hydrogen) atoms. The summed E-state index contributed by atoms with van der Waals surface area (Å²) in [6.45, 7) is 2.59. The Labute approximate surface area is 716 Å². The summed E-state index contributed by atoms with van der Waals surface area (Å²) in [5, 5.41) is 20.7. The fourth-order valence-electron chi connectivity index (χ4n) is 13.4. The quantitative estimate of drug-likeness (QED) is 0.0146. The molecule has 0 radical (unpaired) electrons. The zero-order valence-corrected chi connectivity index (χ0v) is 76.6. The lowest BCUT2D eigenvalue weighted by atomic mass is 10.0. The molecule has 0 aliphatic heterocycles. The molecule has 18 heteroatoms. The smallest absolute Gasteiger partial charge is 0.463 e. The minimum Gasteiger partial charge on any atom is -0.463 e. The Morgan fingerprint density at radius 1 is 0.248 bits per heavy atom. The van der Waals surface area contributed by atoms with Crippen molar-refractivity contribution in [3.8, 4) is 0 Å². The summed E-state index contributed by atoms with van der Waals surface area (Å²) in [4.78, 5) is 58.9. The average molecular weight is 1680 g/mol. The Morgan fingerprint density at radius 3 is 0.744 bits per heavy atom. The van der Waals surface area contributed by atoms with E-state index in [1.165, 1.54) is 244 Å². The Balaban J connectivity index is 4.34. The first-order valence-corrected chi connectivity index (χ1v) is 50.8. The average Bonchev–Trinajstić information content (AvgIpc) is 0.898. The molecule has 0 aromatic rings. The predicted octanol–water partition coefficient (Wildman–Crippen LogP) is 29.6. The number of phosphoric ester groups is 2. The lowest BCUT2D eigenvalue weighted by Crippen LogP contribution is -2.30. The Morgan fingerprint density at radius 2 is 0.453 bits per heavy atom. The number of unbranched alkanes of at least 4 members (excludes halogenated alkanes) is 48. The van der Waals surface area contributed by atoms with Crippen LogP contribution in [0.5, 0.6) is 0 Å². The number of rotatable bonds is 91. The molecule has 0 amide bonds. The van der Waals surface area contributed by atoms with Crippen molar-refractivity contribution in [1.82, 2.24) is 0 Å². The molecular weight excluding hydrogens is 1510 g/mol. The second-order valence-corrected chi connectivity index (χ2v) is 35.0. The molecule has 0 saturated heterocycles. The number of hydrogen-bond acceptors (Lipinski definition) is 14. The van der Waals surface area contributed by atoms with Gasteiger partial charge in [0.05, 0.1) is 26.4 Å². The summed E-state index contributed by atoms with van der Waals surface area (Å²) in [6, 6.07) is 0. The topological polar surface area (TPSA) is 231 Å². The number of aliphatic hydroxyl groups excluding tert-OH is 2. The highest BCUT2D eigenvalue weighted by molar-refractivity contribution is 7.47. The zero-order valence-electron chi connectivity index (χ0n) is 74.9. The molecule has 4 N–H and O–H groups in total. The van der Waals surface area contributed by atoms with Gasteiger partial charge in [-0.15, -0.1) is 0 Å². The number of carbonyl (C=O) groups excluding carboxylic acids is 3. The van der Waals surface area contributed by atoms with Crippen LogP contribution < -0.4 is 0 Å². The van der Waals surface area contributed by atoms with E-state index >= 15 is 0 Å². The van der Waals surface area contributed by atoms with E-state index in [4.69, 9.17) is 32.3 Å². The fourth-order valence-corrected chi connectivity index (χ4v) is 15.0. The maximum absolute atomic E-state index is 13.0. The van der Waals surface area contributed by atoms with Gasteiger partial charge in [0.1, 0.15) is 25.4 Å². The van der Waals surface area contributed by atoms with E-state index in [-0.39, 0.29) is 19.3 Å². The van der Waals surface area contributed by atoms with Gasteiger partial charge in [-0.05, 0) is 135 Å². The lowest BCUT2D eigenvalue weighted by molar-refractivity contribution is -0.161. The van der Waals surface area contributed by atoms with Crippen LogP contribution in [0.15, 0.2) is 122 Å². The molecule has 0 rings (SSSR count). The normalized spacial score (nSPS) is 14.3. The molecule has 0 fully saturated rings. The van der Waals surface area contributed by atoms with Crippen molar-refractivity contribution < 1.29 is 75.8 Å². The van der Waals surface area contributed by atoms with Gasteiger partial charge in [0.15, 0.2) is 6.10 Å². The third-order valence-electron chi connectivity index (χ3n) is 20.6. The summed E-state index contributed by atoms with van der Waals surface area (Å²) in [5.74, 6) is -1.56. The number of ether oxygens (including phenoxy) is 3. The van der Waals surface area contributed by atoms with E-state index in [9.17, 15) is 43.5 Å². The Hall–Kier alpha value is -4.05. The first-order valence-electron chi connectivity index (χ1n) is 47.8. The Kier molecular flexibility index (Phi) is 88.0. The van der Waals surface area contributed by atoms with Crippen LogP contribution in [0, 0.1) is 0 Å². The number of esters is 3. The van der Waals surface area contributed by atoms with E-state index in [0.29, 0.717) is 19.3 Å². The van der Waals surface area contributed by atoms with E-state index < -0.39 is 91.5 Å². The van der Waals surface area contributed by atoms with Gasteiger partial charge >= 0.3 is 33.6 Å². The first-order chi connectivity index (χ1) is 57.2. The molecule has 0 bridgehead atoms. The lowest BCUT2D eigenvalue weighted by Gasteiger charge is -2.21. The molecule has 0 aromatic heterocycles. The minimum absolute atomic E-state index is 0.0966. The molecule has 5 unspecified atom stereocenters. The van der Waals surface area contributed by atoms with E-state index in [1.54, 1.807) is 0 Å². The molecule has 16 nitrogen and oxygen atoms in total. The van der Waals surface area contributed by atoms with Gasteiger partial charge in [0.25, 0.3) is 0 Å². The van der Waals surface area contributed by atoms with E-state index in [2.05, 4.69) is 142 Å². The summed E-state index contributed by atoms with van der Waals surface area (Å²) in [6.07, 6.45) is 113. The maximum Gasteiger partial charge on any atom is 0.472 e. The van der Waals surface area contributed by atoms with Crippen molar-refractivity contribution in [2.75, 3.05) is 39.6 Å². The molecule has 678 valence electrons. The van der Waals surface area contributed by atoms with Crippen LogP contribution in [-0.4, -0.2) is 95.9 Å². The number of carbonyl (C=O) groups is 3. The van der Waals surface area contributed by atoms with Gasteiger partial charge in [-0.25, -0.2) is 9.13 Å². The molecule has 0 heterocycles. The standard InChI is InChI=1S/C99H176O16P2/c1-4-7-10-13-16-19-22-25-27-29-31-33-35-37-39-41-43-45-46-48-50-51-53-55-57-59-61-63-65-68-70-73-76-79-82-85-97(102)109-88-94(100)89-111-116(105,106)112-90-95(101)91-113-117(107,108)114-93-96(115-99(104)87-84-81-78-75-72-67-24-21-18-15-12-9-6-3)92-110-98(103)86-83-80-77-74-71-69-66-64-62-60-58-56-54-52-49-47-44-42-40-38-36-34-32-30-28-26-23-20-17-14-11-8-5-2/h8,11,16-17,19-21,24-28,31-34,37-40,94-96,100-101H,4-7,9-10,12-15,18,22-23,29-30,35-36,41-93H2,1-3H3,(H,105,106)(H,107,108)/b11-8-,19-16-,20-17-,24-21-,27-25-,28-26-,33-31-,34-32-,39-37-,40-38-. The van der Waals surface area contributed by atoms with Crippen molar-refractivity contribution in [2.45, 2.75) is 450 Å². The second-order valence-electron chi connectivity index (χ2n) is 32.1. The highest BCUT2D eigenvalue weighted by Gasteiger charge is 2.30. The largest absolute Gasteiger partial charge is 0.472 e. The van der Waals surface area contributed by atoms with Gasteiger partial charge in [-0.2, -0.15) is 0 Å². The SMILES string of the molecule is CC/C=C\C/C=C\C/C=C\C/C=C\C/C=C\CCCCCCCCCCCCCCCCCCCC(=O)OCC(COP(=O)(O)OCC(O)COP(=O)(O)OCC(O)COC(=O)CCCCCCCCCCCCCCCCCCCCC/C=C\C/C=C\C/C=C\C/C=C\CCCCC)OC(=O)CCCCCCC/C=C\CCCCCC. The van der Waals surface area contributed by atoms with Gasteiger partial charge < -0.3 is 34.2 Å². The highest BCUT2D eigenvalue weighted by Crippen LogP contribution is 2.45. The van der Waals surface area contributed by atoms with Gasteiger partial charge in [-0.3, -0.25) is 32.5 Å². The summed E-state index contributed by atoms with van der Waals surface area (Å²) < 4.78 is 61.4. The third kappa shape index (κ3) is 92.5. The van der Waals surface area contributed by atoms with Gasteiger partial charge in [0.2, 0.25) is 0 Å². The monoisotopic (exact) mass is 1680 g/mol. The third-order valence-corrected chi connectivity index (χ3v) is 22.5. The molecule has 0 aliphatic rings. The summed E-state index contributed by atoms with van der Waals surface area (Å²) in [7, 11) is -9.79. The van der Waals surface area contributed by atoms with Crippen LogP contribution in [0.2, 0.25) is 0 Å². The molecule has 5 atom stereocenters. The van der Waals surface area contributed by atoms with Crippen molar-refractivity contribution in [3.05, 3.63) is 122 Å². The number of allylic oxidation sites excluding steroid dienone is 20. The van der Waals surface area contributed by atoms with Gasteiger partial charge in [0, 0.05) is 19.3 Å². The molecule has 0 saturated carbocycles. The summed E-state index contributed by atoms with van der Waals surface area (Å²) in [5.41, 5.74) is 0. The first kappa shape index (κ1) is 113.